The number of halogens is 1. The van der Waals surface area contributed by atoms with Gasteiger partial charge >= 0.3 is 0 Å². The first-order valence-corrected chi connectivity index (χ1v) is 13.3. The zero-order valence-corrected chi connectivity index (χ0v) is 18.6. The van der Waals surface area contributed by atoms with Crippen LogP contribution in [-0.4, -0.2) is 63.9 Å². The Balaban J connectivity index is 1.43. The third kappa shape index (κ3) is 3.10. The highest BCUT2D eigenvalue weighted by atomic mass is 127. The van der Waals surface area contributed by atoms with Crippen LogP contribution in [0.3, 0.4) is 0 Å². The molecule has 0 aromatic carbocycles. The van der Waals surface area contributed by atoms with Crippen molar-refractivity contribution < 1.29 is 13.2 Å². The fourth-order valence-electron chi connectivity index (χ4n) is 4.18. The summed E-state index contributed by atoms with van der Waals surface area (Å²) in [4.78, 5) is 29.4. The Kier molecular flexibility index (Phi) is 4.18. The van der Waals surface area contributed by atoms with Crippen LogP contribution in [0.25, 0.3) is 11.0 Å². The largest absolute Gasteiger partial charge is 0.352 e. The summed E-state index contributed by atoms with van der Waals surface area (Å²) in [6, 6.07) is 3.44. The van der Waals surface area contributed by atoms with Gasteiger partial charge in [0, 0.05) is 39.1 Å². The van der Waals surface area contributed by atoms with Crippen molar-refractivity contribution in [3.63, 3.8) is 0 Å². The highest BCUT2D eigenvalue weighted by Crippen LogP contribution is 2.46. The fourth-order valence-corrected chi connectivity index (χ4v) is 5.44. The van der Waals surface area contributed by atoms with Crippen molar-refractivity contribution in [2.24, 2.45) is 7.05 Å². The van der Waals surface area contributed by atoms with Crippen molar-refractivity contribution in [2.45, 2.75) is 23.3 Å². The molecule has 1 saturated heterocycles. The molecule has 1 spiro atoms. The molecule has 3 aromatic heterocycles. The minimum atomic E-state index is -3.39. The zero-order valence-electron chi connectivity index (χ0n) is 15.7. The van der Waals surface area contributed by atoms with Gasteiger partial charge in [-0.2, -0.15) is 0 Å². The summed E-state index contributed by atoms with van der Waals surface area (Å²) < 4.78 is 25.3. The Morgan fingerprint density at radius 1 is 1.28 bits per heavy atom. The van der Waals surface area contributed by atoms with E-state index in [4.69, 9.17) is 0 Å². The lowest BCUT2D eigenvalue weighted by Gasteiger charge is -2.42. The highest BCUT2D eigenvalue weighted by Gasteiger charge is 2.54. The average Bonchev–Trinajstić information content (AvgIpc) is 3.10. The SMILES string of the molecule is Cn1cc(S(=O)(=O)I)cc1C(=O)N1CCN(c2ncnc3[nH]ccc23)CC12CC2. The molecule has 0 unspecified atom stereocenters. The number of aryl methyl sites for hydroxylation is 1. The molecule has 5 rings (SSSR count). The number of hydrogen-bond acceptors (Lipinski definition) is 6. The van der Waals surface area contributed by atoms with Crippen molar-refractivity contribution >= 4 is 51.0 Å². The van der Waals surface area contributed by atoms with Crippen molar-refractivity contribution in [1.82, 2.24) is 24.4 Å². The van der Waals surface area contributed by atoms with Gasteiger partial charge in [0.25, 0.3) is 5.91 Å². The maximum Gasteiger partial charge on any atom is 0.271 e. The number of nitrogens with zero attached hydrogens (tertiary/aromatic N) is 5. The van der Waals surface area contributed by atoms with Gasteiger partial charge in [-0.3, -0.25) is 4.79 Å². The molecule has 2 fully saturated rings. The molecule has 0 atom stereocenters. The van der Waals surface area contributed by atoms with E-state index in [-0.39, 0.29) is 16.3 Å². The van der Waals surface area contributed by atoms with Gasteiger partial charge in [-0.05, 0) is 25.0 Å². The summed E-state index contributed by atoms with van der Waals surface area (Å²) >= 11 is 1.40. The van der Waals surface area contributed by atoms with E-state index in [1.807, 2.05) is 17.2 Å². The Morgan fingerprint density at radius 3 is 2.76 bits per heavy atom. The Morgan fingerprint density at radius 2 is 2.07 bits per heavy atom. The minimum Gasteiger partial charge on any atom is -0.352 e. The molecule has 1 N–H and O–H groups in total. The molecule has 4 heterocycles. The second kappa shape index (κ2) is 6.42. The van der Waals surface area contributed by atoms with Crippen LogP contribution in [-0.2, 0) is 14.1 Å². The minimum absolute atomic E-state index is 0.120. The van der Waals surface area contributed by atoms with Gasteiger partial charge in [0.2, 0.25) is 7.01 Å². The molecule has 0 radical (unpaired) electrons. The first-order valence-electron chi connectivity index (χ1n) is 9.25. The second-order valence-corrected chi connectivity index (χ2v) is 12.5. The van der Waals surface area contributed by atoms with Gasteiger partial charge in [0.15, 0.2) is 0 Å². The van der Waals surface area contributed by atoms with Crippen LogP contribution in [0.5, 0.6) is 0 Å². The predicted molar refractivity (Wildman–Crippen MR) is 116 cm³/mol. The smallest absolute Gasteiger partial charge is 0.271 e. The number of hydrogen-bond donors (Lipinski definition) is 1. The second-order valence-electron chi connectivity index (χ2n) is 7.65. The van der Waals surface area contributed by atoms with Crippen molar-refractivity contribution in [3.05, 3.63) is 36.5 Å². The third-order valence-corrected chi connectivity index (χ3v) is 8.15. The zero-order chi connectivity index (χ0) is 20.4. The van der Waals surface area contributed by atoms with Crippen LogP contribution in [0.15, 0.2) is 35.7 Å². The molecule has 152 valence electrons. The van der Waals surface area contributed by atoms with E-state index in [0.29, 0.717) is 25.3 Å². The van der Waals surface area contributed by atoms with Gasteiger partial charge in [0.1, 0.15) is 23.5 Å². The Hall–Kier alpha value is -2.15. The van der Waals surface area contributed by atoms with Crippen molar-refractivity contribution in [2.75, 3.05) is 24.5 Å². The Labute approximate surface area is 179 Å². The molecule has 29 heavy (non-hydrogen) atoms. The summed E-state index contributed by atoms with van der Waals surface area (Å²) in [5.74, 6) is 0.761. The van der Waals surface area contributed by atoms with E-state index in [1.54, 1.807) is 17.9 Å². The monoisotopic (exact) mass is 526 g/mol. The molecule has 9 nitrogen and oxygen atoms in total. The third-order valence-electron chi connectivity index (χ3n) is 5.84. The first kappa shape index (κ1) is 18.9. The molecule has 11 heteroatoms. The standard InChI is InChI=1S/C18H19IN6O3S/c1-23-9-12(29(19,27)28)8-14(23)17(26)25-7-6-24(10-18(25)3-4-18)16-13-2-5-20-15(13)21-11-22-16/h2,5,8-9,11H,3-4,6-7,10H2,1H3,(H,20,21,22). The van der Waals surface area contributed by atoms with Gasteiger partial charge in [0.05, 0.1) is 37.0 Å². The van der Waals surface area contributed by atoms with E-state index in [1.165, 1.54) is 33.5 Å². The lowest BCUT2D eigenvalue weighted by molar-refractivity contribution is 0.0614. The van der Waals surface area contributed by atoms with Crippen molar-refractivity contribution in [3.8, 4) is 0 Å². The van der Waals surface area contributed by atoms with Crippen LogP contribution >= 0.6 is 21.2 Å². The number of anilines is 1. The lowest BCUT2D eigenvalue weighted by atomic mass is 10.1. The number of carbonyl (C=O) groups excluding carboxylic acids is 1. The maximum atomic E-state index is 13.3. The normalized spacial score (nSPS) is 18.6. The number of carbonyl (C=O) groups is 1. The first-order chi connectivity index (χ1) is 13.8. The quantitative estimate of drug-likeness (QED) is 0.413. The van der Waals surface area contributed by atoms with Crippen LogP contribution in [0.1, 0.15) is 23.3 Å². The van der Waals surface area contributed by atoms with Crippen LogP contribution in [0, 0.1) is 0 Å². The Bertz CT molecular complexity index is 1230. The molecule has 1 amide bonds. The number of nitrogens with one attached hydrogen (secondary N) is 1. The van der Waals surface area contributed by atoms with E-state index in [0.717, 1.165) is 29.7 Å². The highest BCUT2D eigenvalue weighted by molar-refractivity contribution is 14.2. The number of aromatic nitrogens is 4. The summed E-state index contributed by atoms with van der Waals surface area (Å²) in [7, 11) is -1.68. The number of aromatic amines is 1. The van der Waals surface area contributed by atoms with Gasteiger partial charge in [-0.25, -0.2) is 18.4 Å². The summed E-state index contributed by atoms with van der Waals surface area (Å²) in [6.45, 7) is 1.93. The molecule has 0 bridgehead atoms. The number of amides is 1. The van der Waals surface area contributed by atoms with Gasteiger partial charge < -0.3 is 19.4 Å². The molecule has 2 aliphatic rings. The van der Waals surface area contributed by atoms with Crippen LogP contribution in [0.2, 0.25) is 0 Å². The molecule has 1 aliphatic carbocycles. The maximum absolute atomic E-state index is 13.3. The molecule has 3 aromatic rings. The summed E-state index contributed by atoms with van der Waals surface area (Å²) in [6.07, 6.45) is 6.76. The van der Waals surface area contributed by atoms with Crippen LogP contribution < -0.4 is 4.90 Å². The number of piperazine rings is 1. The van der Waals surface area contributed by atoms with Crippen molar-refractivity contribution in [1.29, 1.82) is 0 Å². The lowest BCUT2D eigenvalue weighted by Crippen LogP contribution is -2.57. The molecule has 1 saturated carbocycles. The number of rotatable bonds is 3. The number of fused-ring (bicyclic) bond motifs is 1. The topological polar surface area (TPSA) is 104 Å². The molecular formula is C18H19IN6O3S. The van der Waals surface area contributed by atoms with E-state index in [2.05, 4.69) is 19.9 Å². The number of H-pyrrole nitrogens is 1. The predicted octanol–water partition coefficient (Wildman–Crippen LogP) is 1.92. The van der Waals surface area contributed by atoms with E-state index in [9.17, 15) is 13.2 Å². The molecular weight excluding hydrogens is 507 g/mol. The summed E-state index contributed by atoms with van der Waals surface area (Å²) in [5, 5.41) is 0.974. The van der Waals surface area contributed by atoms with E-state index < -0.39 is 7.01 Å². The van der Waals surface area contributed by atoms with Gasteiger partial charge in [-0.1, -0.05) is 0 Å². The van der Waals surface area contributed by atoms with Crippen LogP contribution in [0.4, 0.5) is 5.82 Å². The molecule has 1 aliphatic heterocycles. The van der Waals surface area contributed by atoms with Gasteiger partial charge in [-0.15, -0.1) is 0 Å². The average molecular weight is 526 g/mol. The fraction of sp³-hybridized carbons (Fsp3) is 0.389. The summed E-state index contributed by atoms with van der Waals surface area (Å²) in [5.41, 5.74) is 0.973. The van der Waals surface area contributed by atoms with E-state index >= 15 is 0 Å².